The Balaban J connectivity index is 0.00000363. The minimum Gasteiger partial charge on any atom is -0.480 e. The highest BCUT2D eigenvalue weighted by molar-refractivity contribution is 6.12. The Labute approximate surface area is 384 Å². The van der Waals surface area contributed by atoms with Crippen LogP contribution in [0.3, 0.4) is 0 Å². The van der Waals surface area contributed by atoms with Gasteiger partial charge in [-0.3, -0.25) is 38.5 Å². The SMILES string of the molecule is CCC.COC(CC(=O)N1CCCC1C(OC)C(C)C(=O)NC(Cc1ccccc1)C(=O)O)C(C1CCCC1)N(C)C(=O)CNC(=O)C(C)(C)NC(=O)CCCCCN1C(=O)C=CC1=O. The van der Waals surface area contributed by atoms with E-state index in [1.54, 1.807) is 61.9 Å². The van der Waals surface area contributed by atoms with Gasteiger partial charge in [-0.05, 0) is 63.9 Å². The number of carbonyl (C=O) groups is 8. The van der Waals surface area contributed by atoms with Crippen molar-refractivity contribution in [2.24, 2.45) is 11.8 Å². The fraction of sp³-hybridized carbons (Fsp3) is 0.667. The van der Waals surface area contributed by atoms with Crippen LogP contribution in [-0.2, 0) is 54.3 Å². The molecule has 362 valence electrons. The minimum atomic E-state index is -1.33. The summed E-state index contributed by atoms with van der Waals surface area (Å²) in [6.07, 6.45) is 9.01. The third-order valence-corrected chi connectivity index (χ3v) is 12.5. The number of ether oxygens (including phenoxy) is 2. The second-order valence-electron chi connectivity index (χ2n) is 17.9. The molecule has 1 saturated carbocycles. The zero-order valence-corrected chi connectivity index (χ0v) is 39.8. The van der Waals surface area contributed by atoms with Crippen molar-refractivity contribution in [1.29, 1.82) is 0 Å². The van der Waals surface area contributed by atoms with Crippen LogP contribution in [0, 0.1) is 11.8 Å². The molecule has 0 aromatic heterocycles. The third kappa shape index (κ3) is 16.0. The summed E-state index contributed by atoms with van der Waals surface area (Å²) in [5.74, 6) is -4.58. The molecule has 17 heteroatoms. The molecule has 0 radical (unpaired) electrons. The average Bonchev–Trinajstić information content (AvgIpc) is 4.05. The number of rotatable bonds is 24. The number of carboxylic acids is 1. The van der Waals surface area contributed by atoms with E-state index >= 15 is 0 Å². The predicted molar refractivity (Wildman–Crippen MR) is 244 cm³/mol. The zero-order chi connectivity index (χ0) is 48.3. The summed E-state index contributed by atoms with van der Waals surface area (Å²) in [6.45, 7) is 9.37. The molecule has 6 unspecified atom stereocenters. The molecule has 6 atom stereocenters. The molecule has 1 aromatic carbocycles. The number of nitrogens with zero attached hydrogens (tertiary/aromatic N) is 3. The first-order chi connectivity index (χ1) is 30.9. The molecule has 4 rings (SSSR count). The lowest BCUT2D eigenvalue weighted by molar-refractivity contribution is -0.147. The molecular weight excluding hydrogens is 837 g/mol. The van der Waals surface area contributed by atoms with E-state index in [1.807, 2.05) is 6.07 Å². The van der Waals surface area contributed by atoms with Crippen LogP contribution >= 0.6 is 0 Å². The van der Waals surface area contributed by atoms with Gasteiger partial charge >= 0.3 is 5.97 Å². The van der Waals surface area contributed by atoms with Crippen LogP contribution in [0.25, 0.3) is 0 Å². The largest absolute Gasteiger partial charge is 0.480 e. The Bertz CT molecular complexity index is 1780. The van der Waals surface area contributed by atoms with Crippen molar-refractivity contribution in [1.82, 2.24) is 30.7 Å². The number of unbranched alkanes of at least 4 members (excludes halogenated alkanes) is 2. The number of hydrogen-bond donors (Lipinski definition) is 4. The number of amides is 7. The highest BCUT2D eigenvalue weighted by Crippen LogP contribution is 2.34. The van der Waals surface area contributed by atoms with Crippen LogP contribution in [0.1, 0.15) is 117 Å². The van der Waals surface area contributed by atoms with E-state index in [4.69, 9.17) is 9.47 Å². The Morgan fingerprint density at radius 2 is 1.54 bits per heavy atom. The van der Waals surface area contributed by atoms with Gasteiger partial charge in [-0.1, -0.05) is 76.8 Å². The Morgan fingerprint density at radius 3 is 2.12 bits per heavy atom. The van der Waals surface area contributed by atoms with E-state index in [1.165, 1.54) is 32.8 Å². The normalized spacial score (nSPS) is 18.6. The smallest absolute Gasteiger partial charge is 0.326 e. The standard InChI is InChI=1S/C45H66N6O11.C3H8/c1-29(42(57)47-32(43(58)59)26-30-16-9-7-10-17-30)41(62-6)33-20-15-25-50(33)38(55)27-34(61-5)40(31-18-12-13-19-31)49(4)39(56)28-46-44(60)45(2,3)48-35(52)21-11-8-14-24-51-36(53)22-23-37(51)54;1-3-2/h7,9-10,16-17,22-23,29,31-34,40-41H,8,11-15,18-21,24-28H2,1-6H3,(H,46,60)(H,47,57)(H,48,52)(H,58,59);3H2,1-2H3. The highest BCUT2D eigenvalue weighted by atomic mass is 16.5. The van der Waals surface area contributed by atoms with E-state index in [-0.39, 0.29) is 67.8 Å². The average molecular weight is 911 g/mol. The molecule has 65 heavy (non-hydrogen) atoms. The number of carbonyl (C=O) groups excluding carboxylic acids is 7. The third-order valence-electron chi connectivity index (χ3n) is 12.5. The van der Waals surface area contributed by atoms with Crippen molar-refractivity contribution in [3.8, 4) is 0 Å². The Kier molecular flexibility index (Phi) is 22.3. The van der Waals surface area contributed by atoms with Crippen molar-refractivity contribution in [2.45, 2.75) is 154 Å². The van der Waals surface area contributed by atoms with Gasteiger partial charge in [0, 0.05) is 59.4 Å². The van der Waals surface area contributed by atoms with Gasteiger partial charge in [0.1, 0.15) is 11.6 Å². The van der Waals surface area contributed by atoms with Gasteiger partial charge in [-0.15, -0.1) is 0 Å². The minimum absolute atomic E-state index is 0.0436. The second-order valence-corrected chi connectivity index (χ2v) is 17.9. The molecule has 0 bridgehead atoms. The molecule has 0 spiro atoms. The van der Waals surface area contributed by atoms with Crippen molar-refractivity contribution in [2.75, 3.05) is 40.9 Å². The lowest BCUT2D eigenvalue weighted by Crippen LogP contribution is -2.57. The van der Waals surface area contributed by atoms with E-state index in [0.29, 0.717) is 38.6 Å². The number of likely N-dealkylation sites (tertiary alicyclic amines) is 1. The first-order valence-corrected chi connectivity index (χ1v) is 23.2. The molecule has 4 N–H and O–H groups in total. The molecular formula is C48H74N6O11. The zero-order valence-electron chi connectivity index (χ0n) is 39.8. The number of aliphatic carboxylic acids is 1. The number of likely N-dealkylation sites (N-methyl/N-ethyl adjacent to an activating group) is 1. The summed E-state index contributed by atoms with van der Waals surface area (Å²) in [5, 5.41) is 18.0. The van der Waals surface area contributed by atoms with Gasteiger partial charge in [0.25, 0.3) is 11.8 Å². The molecule has 1 saturated heterocycles. The van der Waals surface area contributed by atoms with Gasteiger partial charge in [-0.2, -0.15) is 0 Å². The van der Waals surface area contributed by atoms with E-state index < -0.39 is 59.6 Å². The molecule has 17 nitrogen and oxygen atoms in total. The van der Waals surface area contributed by atoms with Crippen molar-refractivity contribution < 1.29 is 52.9 Å². The summed E-state index contributed by atoms with van der Waals surface area (Å²) in [7, 11) is 4.64. The second kappa shape index (κ2) is 26.7. The lowest BCUT2D eigenvalue weighted by Gasteiger charge is -2.39. The quantitative estimate of drug-likeness (QED) is 0.0864. The number of imide groups is 1. The molecule has 2 heterocycles. The van der Waals surface area contributed by atoms with Gasteiger partial charge < -0.3 is 40.3 Å². The van der Waals surface area contributed by atoms with E-state index in [2.05, 4.69) is 29.8 Å². The first kappa shape index (κ1) is 54.2. The van der Waals surface area contributed by atoms with Crippen LogP contribution < -0.4 is 16.0 Å². The molecule has 2 fully saturated rings. The molecule has 7 amide bonds. The van der Waals surface area contributed by atoms with Crippen LogP contribution in [0.4, 0.5) is 0 Å². The van der Waals surface area contributed by atoms with Crippen LogP contribution in [-0.4, -0.2) is 144 Å². The van der Waals surface area contributed by atoms with E-state index in [0.717, 1.165) is 36.1 Å². The number of methoxy groups -OCH3 is 2. The number of carboxylic acid groups (broad SMARTS) is 1. The van der Waals surface area contributed by atoms with Crippen molar-refractivity contribution in [3.05, 3.63) is 48.0 Å². The summed E-state index contributed by atoms with van der Waals surface area (Å²) in [6, 6.07) is 6.94. The summed E-state index contributed by atoms with van der Waals surface area (Å²) < 4.78 is 11.9. The summed E-state index contributed by atoms with van der Waals surface area (Å²) >= 11 is 0. The number of benzene rings is 1. The first-order valence-electron chi connectivity index (χ1n) is 23.2. The molecule has 2 aliphatic heterocycles. The van der Waals surface area contributed by atoms with E-state index in [9.17, 15) is 43.5 Å². The maximum Gasteiger partial charge on any atom is 0.326 e. The van der Waals surface area contributed by atoms with Gasteiger partial charge in [0.15, 0.2) is 0 Å². The summed E-state index contributed by atoms with van der Waals surface area (Å²) in [4.78, 5) is 107. The monoisotopic (exact) mass is 911 g/mol. The van der Waals surface area contributed by atoms with Gasteiger partial charge in [0.2, 0.25) is 29.5 Å². The maximum atomic E-state index is 14.2. The molecule has 3 aliphatic rings. The Morgan fingerprint density at radius 1 is 0.908 bits per heavy atom. The summed E-state index contributed by atoms with van der Waals surface area (Å²) in [5.41, 5.74) is -0.560. The molecule has 1 aromatic rings. The van der Waals surface area contributed by atoms with Crippen molar-refractivity contribution in [3.63, 3.8) is 0 Å². The number of nitrogens with one attached hydrogen (secondary N) is 3. The van der Waals surface area contributed by atoms with Crippen LogP contribution in [0.2, 0.25) is 0 Å². The fourth-order valence-corrected chi connectivity index (χ4v) is 8.96. The highest BCUT2D eigenvalue weighted by Gasteiger charge is 2.43. The maximum absolute atomic E-state index is 14.2. The molecule has 1 aliphatic carbocycles. The van der Waals surface area contributed by atoms with Crippen LogP contribution in [0.5, 0.6) is 0 Å². The van der Waals surface area contributed by atoms with Crippen molar-refractivity contribution >= 4 is 47.3 Å². The predicted octanol–water partition coefficient (Wildman–Crippen LogP) is 3.78. The Hall–Kier alpha value is -5.16. The number of hydrogen-bond acceptors (Lipinski definition) is 10. The topological polar surface area (TPSA) is 221 Å². The van der Waals surface area contributed by atoms with Gasteiger partial charge in [0.05, 0.1) is 43.2 Å². The fourth-order valence-electron chi connectivity index (χ4n) is 8.96. The van der Waals surface area contributed by atoms with Gasteiger partial charge in [-0.25, -0.2) is 4.79 Å². The lowest BCUT2D eigenvalue weighted by atomic mass is 9.89. The van der Waals surface area contributed by atoms with Crippen LogP contribution in [0.15, 0.2) is 42.5 Å².